The zero-order chi connectivity index (χ0) is 22.0. The minimum Gasteiger partial charge on any atom is -0.444 e. The average molecular weight is 438 g/mol. The molecule has 2 N–H and O–H groups in total. The summed E-state index contributed by atoms with van der Waals surface area (Å²) < 4.78 is 5.37. The van der Waals surface area contributed by atoms with Gasteiger partial charge in [0.05, 0.1) is 16.1 Å². The lowest BCUT2D eigenvalue weighted by Gasteiger charge is -2.28. The number of carbonyl (C=O) groups excluding carboxylic acids is 1. The molecule has 0 aliphatic heterocycles. The summed E-state index contributed by atoms with van der Waals surface area (Å²) in [7, 11) is 0. The van der Waals surface area contributed by atoms with Crippen molar-refractivity contribution in [3.8, 4) is 0 Å². The molecule has 0 saturated heterocycles. The molecule has 2 aromatic rings. The van der Waals surface area contributed by atoms with Crippen molar-refractivity contribution < 1.29 is 14.6 Å². The van der Waals surface area contributed by atoms with Gasteiger partial charge in [-0.25, -0.2) is 4.79 Å². The van der Waals surface area contributed by atoms with E-state index in [1.807, 2.05) is 24.3 Å². The van der Waals surface area contributed by atoms with E-state index in [0.29, 0.717) is 21.2 Å². The Kier molecular flexibility index (Phi) is 7.26. The number of nitrogens with one attached hydrogen (secondary N) is 1. The van der Waals surface area contributed by atoms with E-state index in [-0.39, 0.29) is 5.41 Å². The van der Waals surface area contributed by atoms with E-state index in [1.54, 1.807) is 39.0 Å². The molecule has 0 saturated carbocycles. The first kappa shape index (κ1) is 23.5. The second-order valence-corrected chi connectivity index (χ2v) is 9.93. The summed E-state index contributed by atoms with van der Waals surface area (Å²) in [6.45, 7) is 11.7. The Hall–Kier alpha value is -1.75. The summed E-state index contributed by atoms with van der Waals surface area (Å²) in [5.74, 6) is 0. The molecule has 2 aromatic carbocycles. The van der Waals surface area contributed by atoms with Crippen LogP contribution in [-0.4, -0.2) is 16.8 Å². The van der Waals surface area contributed by atoms with Crippen LogP contribution in [0.4, 0.5) is 4.79 Å². The molecular formula is C23H29Cl2NO3. The molecule has 2 atom stereocenters. The summed E-state index contributed by atoms with van der Waals surface area (Å²) in [6.07, 6.45) is -1.63. The maximum absolute atomic E-state index is 12.4. The molecule has 0 spiro atoms. The van der Waals surface area contributed by atoms with Crippen LogP contribution in [0.25, 0.3) is 0 Å². The first-order chi connectivity index (χ1) is 13.3. The van der Waals surface area contributed by atoms with Crippen molar-refractivity contribution in [2.75, 3.05) is 0 Å². The van der Waals surface area contributed by atoms with Gasteiger partial charge in [0, 0.05) is 0 Å². The maximum Gasteiger partial charge on any atom is 0.408 e. The molecule has 0 bridgehead atoms. The van der Waals surface area contributed by atoms with Gasteiger partial charge in [0.25, 0.3) is 0 Å². The van der Waals surface area contributed by atoms with Crippen LogP contribution >= 0.6 is 23.2 Å². The quantitative estimate of drug-likeness (QED) is 0.566. The van der Waals surface area contributed by atoms with E-state index < -0.39 is 23.8 Å². The number of rotatable bonds is 4. The van der Waals surface area contributed by atoms with Crippen molar-refractivity contribution in [1.29, 1.82) is 0 Å². The number of hydrogen-bond donors (Lipinski definition) is 2. The van der Waals surface area contributed by atoms with Gasteiger partial charge < -0.3 is 15.2 Å². The molecular weight excluding hydrogens is 409 g/mol. The summed E-state index contributed by atoms with van der Waals surface area (Å²) in [6, 6.07) is 11.9. The summed E-state index contributed by atoms with van der Waals surface area (Å²) >= 11 is 12.2. The molecule has 29 heavy (non-hydrogen) atoms. The van der Waals surface area contributed by atoms with E-state index in [4.69, 9.17) is 27.9 Å². The lowest BCUT2D eigenvalue weighted by atomic mass is 9.85. The minimum absolute atomic E-state index is 0.00134. The number of carbonyl (C=O) groups is 1. The van der Waals surface area contributed by atoms with Crippen LogP contribution in [0.1, 0.15) is 70.4 Å². The zero-order valence-electron chi connectivity index (χ0n) is 17.7. The number of alkyl carbamates (subject to hydrolysis) is 1. The molecule has 2 rings (SSSR count). The highest BCUT2D eigenvalue weighted by Crippen LogP contribution is 2.34. The lowest BCUT2D eigenvalue weighted by Crippen LogP contribution is -2.37. The fourth-order valence-corrected chi connectivity index (χ4v) is 3.16. The zero-order valence-corrected chi connectivity index (χ0v) is 19.2. The number of halogens is 2. The highest BCUT2D eigenvalue weighted by Gasteiger charge is 2.28. The first-order valence-electron chi connectivity index (χ1n) is 9.51. The number of aliphatic hydroxyl groups is 1. The molecule has 0 heterocycles. The Morgan fingerprint density at radius 3 is 1.97 bits per heavy atom. The monoisotopic (exact) mass is 437 g/mol. The van der Waals surface area contributed by atoms with E-state index in [9.17, 15) is 9.90 Å². The molecule has 0 radical (unpaired) electrons. The third-order valence-electron chi connectivity index (χ3n) is 4.41. The van der Waals surface area contributed by atoms with Gasteiger partial charge >= 0.3 is 6.09 Å². The number of benzene rings is 2. The van der Waals surface area contributed by atoms with Gasteiger partial charge in [-0.15, -0.1) is 0 Å². The topological polar surface area (TPSA) is 58.6 Å². The predicted molar refractivity (Wildman–Crippen MR) is 119 cm³/mol. The van der Waals surface area contributed by atoms with E-state index in [0.717, 1.165) is 5.56 Å². The Bertz CT molecular complexity index is 852. The van der Waals surface area contributed by atoms with Crippen LogP contribution in [0.3, 0.4) is 0 Å². The Labute approximate surface area is 183 Å². The molecule has 2 unspecified atom stereocenters. The van der Waals surface area contributed by atoms with Gasteiger partial charge in [-0.05, 0) is 55.0 Å². The van der Waals surface area contributed by atoms with Crippen molar-refractivity contribution in [2.24, 2.45) is 0 Å². The molecule has 0 fully saturated rings. The smallest absolute Gasteiger partial charge is 0.408 e. The average Bonchev–Trinajstić information content (AvgIpc) is 2.59. The third-order valence-corrected chi connectivity index (χ3v) is 5.15. The standard InChI is InChI=1S/C23H29Cl2NO3/c1-22(2,3)16-10-7-14(8-11-16)20(27)19(26-21(28)29-23(4,5)6)15-9-12-17(24)18(25)13-15/h7-13,19-20,27H,1-6H3,(H,26,28). The van der Waals surface area contributed by atoms with Crippen LogP contribution in [0.2, 0.25) is 10.0 Å². The van der Waals surface area contributed by atoms with Crippen LogP contribution in [0, 0.1) is 0 Å². The lowest BCUT2D eigenvalue weighted by molar-refractivity contribution is 0.0419. The second kappa shape index (κ2) is 8.95. The summed E-state index contributed by atoms with van der Waals surface area (Å²) in [4.78, 5) is 12.4. The molecule has 0 aromatic heterocycles. The molecule has 6 heteroatoms. The summed E-state index contributed by atoms with van der Waals surface area (Å²) in [5.41, 5.74) is 1.79. The van der Waals surface area contributed by atoms with E-state index in [1.165, 1.54) is 0 Å². The van der Waals surface area contributed by atoms with Gasteiger partial charge in [-0.2, -0.15) is 0 Å². The Morgan fingerprint density at radius 2 is 1.48 bits per heavy atom. The van der Waals surface area contributed by atoms with Gasteiger partial charge in [-0.3, -0.25) is 0 Å². The number of hydrogen-bond acceptors (Lipinski definition) is 3. The molecule has 4 nitrogen and oxygen atoms in total. The first-order valence-corrected chi connectivity index (χ1v) is 10.3. The normalized spacial score (nSPS) is 14.2. The van der Waals surface area contributed by atoms with Gasteiger partial charge in [0.1, 0.15) is 11.7 Å². The van der Waals surface area contributed by atoms with Crippen molar-refractivity contribution in [1.82, 2.24) is 5.32 Å². The van der Waals surface area contributed by atoms with Crippen molar-refractivity contribution in [3.05, 3.63) is 69.2 Å². The van der Waals surface area contributed by atoms with Crippen LogP contribution in [0.5, 0.6) is 0 Å². The van der Waals surface area contributed by atoms with Gasteiger partial charge in [0.15, 0.2) is 0 Å². The van der Waals surface area contributed by atoms with Crippen LogP contribution < -0.4 is 5.32 Å². The maximum atomic E-state index is 12.4. The van der Waals surface area contributed by atoms with Crippen LogP contribution in [-0.2, 0) is 10.2 Å². The minimum atomic E-state index is -1.01. The predicted octanol–water partition coefficient (Wildman–Crippen LogP) is 6.59. The largest absolute Gasteiger partial charge is 0.444 e. The second-order valence-electron chi connectivity index (χ2n) is 9.11. The molecule has 0 aliphatic carbocycles. The van der Waals surface area contributed by atoms with Gasteiger partial charge in [0.2, 0.25) is 0 Å². The molecule has 0 aliphatic rings. The Morgan fingerprint density at radius 1 is 0.931 bits per heavy atom. The highest BCUT2D eigenvalue weighted by molar-refractivity contribution is 6.42. The van der Waals surface area contributed by atoms with Crippen molar-refractivity contribution >= 4 is 29.3 Å². The SMILES string of the molecule is CC(C)(C)OC(=O)NC(c1ccc(Cl)c(Cl)c1)C(O)c1ccc(C(C)(C)C)cc1. The number of ether oxygens (including phenoxy) is 1. The van der Waals surface area contributed by atoms with Crippen molar-refractivity contribution in [2.45, 2.75) is 64.7 Å². The van der Waals surface area contributed by atoms with Crippen LogP contribution in [0.15, 0.2) is 42.5 Å². The van der Waals surface area contributed by atoms with Gasteiger partial charge in [-0.1, -0.05) is 74.3 Å². The fraction of sp³-hybridized carbons (Fsp3) is 0.435. The summed E-state index contributed by atoms with van der Waals surface area (Å²) in [5, 5.41) is 14.6. The van der Waals surface area contributed by atoms with E-state index in [2.05, 4.69) is 26.1 Å². The third kappa shape index (κ3) is 6.63. The fourth-order valence-electron chi connectivity index (χ4n) is 2.86. The highest BCUT2D eigenvalue weighted by atomic mass is 35.5. The van der Waals surface area contributed by atoms with E-state index >= 15 is 0 Å². The molecule has 158 valence electrons. The Balaban J connectivity index is 2.37. The van der Waals surface area contributed by atoms with Crippen molar-refractivity contribution in [3.63, 3.8) is 0 Å². The number of amides is 1. The molecule has 1 amide bonds. The number of aliphatic hydroxyl groups excluding tert-OH is 1.